The number of aromatic nitrogens is 1. The molecule has 0 saturated heterocycles. The van der Waals surface area contributed by atoms with Gasteiger partial charge in [0.15, 0.2) is 11.4 Å². The highest BCUT2D eigenvalue weighted by atomic mass is 35.5. The molecule has 3 aromatic rings. The molecule has 5 heteroatoms. The zero-order valence-electron chi connectivity index (χ0n) is 11.2. The van der Waals surface area contributed by atoms with Gasteiger partial charge in [-0.15, -0.1) is 0 Å². The predicted octanol–water partition coefficient (Wildman–Crippen LogP) is 3.78. The van der Waals surface area contributed by atoms with E-state index in [1.165, 1.54) is 7.11 Å². The molecule has 0 radical (unpaired) electrons. The number of carbonyl (C=O) groups is 1. The number of rotatable bonds is 2. The monoisotopic (exact) mass is 301 g/mol. The van der Waals surface area contributed by atoms with Crippen LogP contribution in [0.2, 0.25) is 5.02 Å². The minimum absolute atomic E-state index is 0.0842. The van der Waals surface area contributed by atoms with Crippen LogP contribution in [0.1, 0.15) is 10.5 Å². The smallest absolute Gasteiger partial charge is 0.358 e. The van der Waals surface area contributed by atoms with E-state index in [1.54, 1.807) is 22.8 Å². The van der Waals surface area contributed by atoms with Crippen molar-refractivity contribution in [1.82, 2.24) is 4.57 Å². The topological polar surface area (TPSA) is 51.5 Å². The summed E-state index contributed by atoms with van der Waals surface area (Å²) in [6, 6.07) is 14.4. The van der Waals surface area contributed by atoms with Gasteiger partial charge in [0.25, 0.3) is 0 Å². The first kappa shape index (κ1) is 13.5. The summed E-state index contributed by atoms with van der Waals surface area (Å²) in [6.45, 7) is 0. The Labute approximate surface area is 126 Å². The Morgan fingerprint density at radius 3 is 2.57 bits per heavy atom. The Morgan fingerprint density at radius 2 is 1.90 bits per heavy atom. The van der Waals surface area contributed by atoms with Gasteiger partial charge in [0.1, 0.15) is 0 Å². The summed E-state index contributed by atoms with van der Waals surface area (Å²) in [5.74, 6) is -0.744. The van der Waals surface area contributed by atoms with Gasteiger partial charge in [0, 0.05) is 16.1 Å². The first-order chi connectivity index (χ1) is 10.1. The second-order valence-electron chi connectivity index (χ2n) is 4.52. The predicted molar refractivity (Wildman–Crippen MR) is 81.3 cm³/mol. The van der Waals surface area contributed by atoms with Gasteiger partial charge in [-0.1, -0.05) is 29.8 Å². The lowest BCUT2D eigenvalue weighted by Gasteiger charge is -2.09. The molecule has 0 fully saturated rings. The molecule has 4 nitrogen and oxygen atoms in total. The van der Waals surface area contributed by atoms with Crippen LogP contribution in [0.15, 0.2) is 48.5 Å². The summed E-state index contributed by atoms with van der Waals surface area (Å²) < 4.78 is 6.45. The second-order valence-corrected chi connectivity index (χ2v) is 4.96. The molecule has 1 N–H and O–H groups in total. The molecule has 0 atom stereocenters. The van der Waals surface area contributed by atoms with Crippen LogP contribution in [0.25, 0.3) is 16.6 Å². The van der Waals surface area contributed by atoms with Crippen LogP contribution >= 0.6 is 11.6 Å². The molecule has 0 amide bonds. The van der Waals surface area contributed by atoms with E-state index < -0.39 is 5.97 Å². The maximum Gasteiger partial charge on any atom is 0.358 e. The van der Waals surface area contributed by atoms with Crippen LogP contribution < -0.4 is 0 Å². The lowest BCUT2D eigenvalue weighted by Crippen LogP contribution is -2.09. The standard InChI is InChI=1S/C16H12ClNO3/c1-21-16(20)14-15(19)12-9-10(17)7-8-13(12)18(14)11-5-3-2-4-6-11/h2-9,19H,1H3. The molecule has 21 heavy (non-hydrogen) atoms. The minimum Gasteiger partial charge on any atom is -0.505 e. The summed E-state index contributed by atoms with van der Waals surface area (Å²) in [6.07, 6.45) is 0. The van der Waals surface area contributed by atoms with Crippen LogP contribution in [0.3, 0.4) is 0 Å². The Hall–Kier alpha value is -2.46. The van der Waals surface area contributed by atoms with Crippen LogP contribution in [0.5, 0.6) is 5.75 Å². The molecule has 2 aromatic carbocycles. The Kier molecular flexibility index (Phi) is 3.31. The van der Waals surface area contributed by atoms with Gasteiger partial charge in [-0.2, -0.15) is 0 Å². The summed E-state index contributed by atoms with van der Waals surface area (Å²) in [4.78, 5) is 12.0. The number of nitrogens with zero attached hydrogens (tertiary/aromatic N) is 1. The molecule has 3 rings (SSSR count). The normalized spacial score (nSPS) is 10.8. The van der Waals surface area contributed by atoms with Crippen molar-refractivity contribution >= 4 is 28.5 Å². The van der Waals surface area contributed by atoms with Gasteiger partial charge in [-0.05, 0) is 30.3 Å². The first-order valence-corrected chi connectivity index (χ1v) is 6.68. The highest BCUT2D eigenvalue weighted by Crippen LogP contribution is 2.36. The van der Waals surface area contributed by atoms with Crippen molar-refractivity contribution in [3.63, 3.8) is 0 Å². The van der Waals surface area contributed by atoms with Gasteiger partial charge in [0.2, 0.25) is 0 Å². The summed E-state index contributed by atoms with van der Waals surface area (Å²) in [5, 5.41) is 11.4. The van der Waals surface area contributed by atoms with Crippen molar-refractivity contribution in [3.05, 3.63) is 59.2 Å². The molecule has 1 aromatic heterocycles. The third-order valence-corrected chi connectivity index (χ3v) is 3.53. The van der Waals surface area contributed by atoms with Crippen molar-refractivity contribution in [3.8, 4) is 11.4 Å². The molecule has 0 aliphatic rings. The summed E-state index contributed by atoms with van der Waals surface area (Å²) >= 11 is 5.98. The number of para-hydroxylation sites is 1. The summed E-state index contributed by atoms with van der Waals surface area (Å²) in [7, 11) is 1.28. The second kappa shape index (κ2) is 5.14. The lowest BCUT2D eigenvalue weighted by atomic mass is 10.2. The van der Waals surface area contributed by atoms with Crippen LogP contribution in [-0.2, 0) is 4.74 Å². The third kappa shape index (κ3) is 2.14. The lowest BCUT2D eigenvalue weighted by molar-refractivity contribution is 0.0588. The number of methoxy groups -OCH3 is 1. The van der Waals surface area contributed by atoms with Crippen LogP contribution in [0.4, 0.5) is 0 Å². The van der Waals surface area contributed by atoms with E-state index in [-0.39, 0.29) is 11.4 Å². The highest BCUT2D eigenvalue weighted by Gasteiger charge is 2.24. The van der Waals surface area contributed by atoms with Crippen LogP contribution in [-0.4, -0.2) is 22.8 Å². The molecular formula is C16H12ClNO3. The molecule has 0 spiro atoms. The minimum atomic E-state index is -0.608. The van der Waals surface area contributed by atoms with Crippen molar-refractivity contribution in [2.45, 2.75) is 0 Å². The van der Waals surface area contributed by atoms with E-state index in [2.05, 4.69) is 0 Å². The number of carbonyl (C=O) groups excluding carboxylic acids is 1. The number of halogens is 1. The maximum atomic E-state index is 12.0. The number of aromatic hydroxyl groups is 1. The van der Waals surface area contributed by atoms with Crippen LogP contribution in [0, 0.1) is 0 Å². The first-order valence-electron chi connectivity index (χ1n) is 6.30. The Bertz CT molecular complexity index is 824. The van der Waals surface area contributed by atoms with Crippen molar-refractivity contribution in [1.29, 1.82) is 0 Å². The van der Waals surface area contributed by atoms with E-state index in [9.17, 15) is 9.90 Å². The van der Waals surface area contributed by atoms with E-state index in [4.69, 9.17) is 16.3 Å². The molecule has 106 valence electrons. The van der Waals surface area contributed by atoms with Gasteiger partial charge >= 0.3 is 5.97 Å². The van der Waals surface area contributed by atoms with E-state index in [0.29, 0.717) is 15.9 Å². The maximum absolute atomic E-state index is 12.0. The molecular weight excluding hydrogens is 290 g/mol. The number of benzene rings is 2. The molecule has 0 aliphatic heterocycles. The molecule has 0 bridgehead atoms. The zero-order chi connectivity index (χ0) is 15.0. The van der Waals surface area contributed by atoms with Crippen molar-refractivity contribution in [2.24, 2.45) is 0 Å². The molecule has 0 unspecified atom stereocenters. The van der Waals surface area contributed by atoms with Gasteiger partial charge in [-0.25, -0.2) is 4.79 Å². The average Bonchev–Trinajstić information content (AvgIpc) is 2.80. The molecule has 0 aliphatic carbocycles. The number of hydrogen-bond acceptors (Lipinski definition) is 3. The Balaban J connectivity index is 2.43. The van der Waals surface area contributed by atoms with E-state index in [0.717, 1.165) is 5.69 Å². The Morgan fingerprint density at radius 1 is 1.19 bits per heavy atom. The van der Waals surface area contributed by atoms with Crippen molar-refractivity contribution in [2.75, 3.05) is 7.11 Å². The number of esters is 1. The third-order valence-electron chi connectivity index (χ3n) is 3.30. The number of hydrogen-bond donors (Lipinski definition) is 1. The van der Waals surface area contributed by atoms with Crippen molar-refractivity contribution < 1.29 is 14.6 Å². The van der Waals surface area contributed by atoms with E-state index in [1.807, 2.05) is 30.3 Å². The fourth-order valence-electron chi connectivity index (χ4n) is 2.38. The van der Waals surface area contributed by atoms with Gasteiger partial charge in [-0.3, -0.25) is 0 Å². The SMILES string of the molecule is COC(=O)c1c(O)c2cc(Cl)ccc2n1-c1ccccc1. The number of fused-ring (bicyclic) bond motifs is 1. The fourth-order valence-corrected chi connectivity index (χ4v) is 2.55. The van der Waals surface area contributed by atoms with E-state index >= 15 is 0 Å². The average molecular weight is 302 g/mol. The molecule has 0 saturated carbocycles. The van der Waals surface area contributed by atoms with Gasteiger partial charge < -0.3 is 14.4 Å². The van der Waals surface area contributed by atoms with Gasteiger partial charge in [0.05, 0.1) is 12.6 Å². The largest absolute Gasteiger partial charge is 0.505 e. The quantitative estimate of drug-likeness (QED) is 0.733. The fraction of sp³-hybridized carbons (Fsp3) is 0.0625. The summed E-state index contributed by atoms with van der Waals surface area (Å²) in [5.41, 5.74) is 1.52. The number of ether oxygens (including phenoxy) is 1. The molecule has 1 heterocycles. The zero-order valence-corrected chi connectivity index (χ0v) is 12.0. The highest BCUT2D eigenvalue weighted by molar-refractivity contribution is 6.31.